The molecule has 2 aromatic rings. The monoisotopic (exact) mass is 359 g/mol. The average Bonchev–Trinajstić information content (AvgIpc) is 2.53. The number of fused-ring (bicyclic) bond motifs is 1. The molecule has 1 unspecified atom stereocenters. The number of nitrogens with zero attached hydrogens (tertiary/aromatic N) is 2. The summed E-state index contributed by atoms with van der Waals surface area (Å²) in [5.74, 6) is -0.0417. The van der Waals surface area contributed by atoms with E-state index in [1.54, 1.807) is 32.0 Å². The standard InChI is InChI=1S/C17H14FN3O3S/c1-17(2)13(8-19)16(14-6-3-10(18)9-20-14)12-5-4-11(21-25(22)23)7-15(12)24-17/h3-7,9,21H,1-2H3,(H,22,23). The molecule has 1 aliphatic heterocycles. The molecule has 1 aliphatic rings. The van der Waals surface area contributed by atoms with E-state index in [9.17, 15) is 13.9 Å². The molecular formula is C17H14FN3O3S. The molecule has 1 aromatic carbocycles. The molecule has 25 heavy (non-hydrogen) atoms. The van der Waals surface area contributed by atoms with Crippen molar-refractivity contribution in [2.45, 2.75) is 19.4 Å². The molecule has 3 rings (SSSR count). The predicted octanol–water partition coefficient (Wildman–Crippen LogP) is 3.27. The quantitative estimate of drug-likeness (QED) is 0.820. The van der Waals surface area contributed by atoms with Gasteiger partial charge in [-0.05, 0) is 38.1 Å². The Balaban J connectivity index is 2.23. The van der Waals surface area contributed by atoms with Crippen LogP contribution in [0.25, 0.3) is 5.57 Å². The molecule has 2 heterocycles. The van der Waals surface area contributed by atoms with E-state index in [0.717, 1.165) is 6.20 Å². The van der Waals surface area contributed by atoms with Crippen LogP contribution in [0.15, 0.2) is 42.1 Å². The average molecular weight is 359 g/mol. The highest BCUT2D eigenvalue weighted by atomic mass is 32.2. The Kier molecular flexibility index (Phi) is 4.29. The molecule has 0 amide bonds. The summed E-state index contributed by atoms with van der Waals surface area (Å²) in [6.45, 7) is 3.48. The van der Waals surface area contributed by atoms with Crippen LogP contribution in [0.3, 0.4) is 0 Å². The van der Waals surface area contributed by atoms with Gasteiger partial charge in [-0.15, -0.1) is 0 Å². The molecule has 2 N–H and O–H groups in total. The summed E-state index contributed by atoms with van der Waals surface area (Å²) in [6, 6.07) is 9.77. The van der Waals surface area contributed by atoms with Gasteiger partial charge >= 0.3 is 0 Å². The minimum Gasteiger partial charge on any atom is -0.482 e. The number of hydrogen-bond acceptors (Lipinski definition) is 4. The Labute approximate surface area is 146 Å². The molecule has 0 saturated heterocycles. The van der Waals surface area contributed by atoms with E-state index in [1.165, 1.54) is 12.1 Å². The van der Waals surface area contributed by atoms with Crippen LogP contribution in [0.1, 0.15) is 25.1 Å². The van der Waals surface area contributed by atoms with Gasteiger partial charge < -0.3 is 4.74 Å². The van der Waals surface area contributed by atoms with Gasteiger partial charge in [0.05, 0.1) is 29.2 Å². The number of hydrogen-bond donors (Lipinski definition) is 2. The van der Waals surface area contributed by atoms with Crippen molar-refractivity contribution in [3.63, 3.8) is 0 Å². The number of ether oxygens (including phenoxy) is 1. The van der Waals surface area contributed by atoms with E-state index in [-0.39, 0.29) is 0 Å². The third kappa shape index (κ3) is 3.24. The number of benzene rings is 1. The molecule has 1 atom stereocenters. The molecule has 0 spiro atoms. The van der Waals surface area contributed by atoms with E-state index in [1.807, 2.05) is 0 Å². The topological polar surface area (TPSA) is 95.2 Å². The molecule has 0 saturated carbocycles. The van der Waals surface area contributed by atoms with E-state index < -0.39 is 22.7 Å². The van der Waals surface area contributed by atoms with Gasteiger partial charge in [0.1, 0.15) is 17.2 Å². The van der Waals surface area contributed by atoms with Crippen LogP contribution in [0.2, 0.25) is 0 Å². The van der Waals surface area contributed by atoms with E-state index in [4.69, 9.17) is 9.29 Å². The fourth-order valence-corrected chi connectivity index (χ4v) is 3.05. The van der Waals surface area contributed by atoms with Crippen molar-refractivity contribution >= 4 is 22.5 Å². The zero-order valence-corrected chi connectivity index (χ0v) is 14.2. The second-order valence-electron chi connectivity index (χ2n) is 5.90. The summed E-state index contributed by atoms with van der Waals surface area (Å²) in [5, 5.41) is 9.64. The zero-order chi connectivity index (χ0) is 18.2. The lowest BCUT2D eigenvalue weighted by Gasteiger charge is -2.34. The lowest BCUT2D eigenvalue weighted by Crippen LogP contribution is -2.34. The third-order valence-corrected chi connectivity index (χ3v) is 4.18. The van der Waals surface area contributed by atoms with Gasteiger partial charge in [0.15, 0.2) is 0 Å². The van der Waals surface area contributed by atoms with Crippen LogP contribution in [0.5, 0.6) is 5.75 Å². The first kappa shape index (κ1) is 17.1. The molecule has 0 fully saturated rings. The Morgan fingerprint density at radius 1 is 1.36 bits per heavy atom. The van der Waals surface area contributed by atoms with Gasteiger partial charge in [-0.1, -0.05) is 0 Å². The summed E-state index contributed by atoms with van der Waals surface area (Å²) < 4.78 is 41.4. The maximum Gasteiger partial charge on any atom is 0.259 e. The fourth-order valence-electron chi connectivity index (χ4n) is 2.72. The molecule has 0 radical (unpaired) electrons. The van der Waals surface area contributed by atoms with Crippen LogP contribution in [0, 0.1) is 17.1 Å². The van der Waals surface area contributed by atoms with Gasteiger partial charge in [-0.2, -0.15) is 5.26 Å². The van der Waals surface area contributed by atoms with Crippen LogP contribution in [0.4, 0.5) is 10.1 Å². The summed E-state index contributed by atoms with van der Waals surface area (Å²) >= 11 is -2.22. The van der Waals surface area contributed by atoms with Crippen molar-refractivity contribution in [1.29, 1.82) is 5.26 Å². The first-order chi connectivity index (χ1) is 11.8. The minimum atomic E-state index is -2.22. The van der Waals surface area contributed by atoms with Crippen molar-refractivity contribution in [3.05, 3.63) is 59.2 Å². The lowest BCUT2D eigenvalue weighted by molar-refractivity contribution is 0.149. The minimum absolute atomic E-state index is 0.366. The maximum absolute atomic E-state index is 13.2. The van der Waals surface area contributed by atoms with Crippen molar-refractivity contribution in [2.24, 2.45) is 0 Å². The highest BCUT2D eigenvalue weighted by molar-refractivity contribution is 7.80. The summed E-state index contributed by atoms with van der Waals surface area (Å²) in [4.78, 5) is 4.09. The Bertz CT molecular complexity index is 933. The van der Waals surface area contributed by atoms with Crippen molar-refractivity contribution in [1.82, 2.24) is 4.98 Å². The Hall–Kier alpha value is -2.76. The lowest BCUT2D eigenvalue weighted by atomic mass is 9.85. The molecule has 8 heteroatoms. The van der Waals surface area contributed by atoms with E-state index in [0.29, 0.717) is 33.8 Å². The van der Waals surface area contributed by atoms with Gasteiger partial charge in [0.25, 0.3) is 11.3 Å². The van der Waals surface area contributed by atoms with Crippen LogP contribution < -0.4 is 9.46 Å². The molecular weight excluding hydrogens is 345 g/mol. The SMILES string of the molecule is CC1(C)Oc2cc(NS(=O)O)ccc2C(c2ccc(F)cn2)=C1C#N. The van der Waals surface area contributed by atoms with Crippen molar-refractivity contribution < 1.29 is 17.9 Å². The Morgan fingerprint density at radius 2 is 2.12 bits per heavy atom. The number of anilines is 1. The smallest absolute Gasteiger partial charge is 0.259 e. The molecule has 128 valence electrons. The summed E-state index contributed by atoms with van der Waals surface area (Å²) in [5.41, 5.74) is 1.41. The van der Waals surface area contributed by atoms with Crippen molar-refractivity contribution in [2.75, 3.05) is 4.72 Å². The highest BCUT2D eigenvalue weighted by Gasteiger charge is 2.36. The number of rotatable bonds is 3. The van der Waals surface area contributed by atoms with Crippen LogP contribution >= 0.6 is 0 Å². The fraction of sp³-hybridized carbons (Fsp3) is 0.176. The van der Waals surface area contributed by atoms with Gasteiger partial charge in [0, 0.05) is 17.2 Å². The number of nitriles is 1. The molecule has 1 aromatic heterocycles. The maximum atomic E-state index is 13.2. The molecule has 0 aliphatic carbocycles. The summed E-state index contributed by atoms with van der Waals surface area (Å²) in [6.07, 6.45) is 1.09. The molecule has 0 bridgehead atoms. The number of aromatic nitrogens is 1. The van der Waals surface area contributed by atoms with Gasteiger partial charge in [-0.25, -0.2) is 8.60 Å². The van der Waals surface area contributed by atoms with Crippen LogP contribution in [-0.4, -0.2) is 19.3 Å². The van der Waals surface area contributed by atoms with E-state index in [2.05, 4.69) is 15.8 Å². The van der Waals surface area contributed by atoms with Crippen molar-refractivity contribution in [3.8, 4) is 11.8 Å². The predicted molar refractivity (Wildman–Crippen MR) is 91.4 cm³/mol. The highest BCUT2D eigenvalue weighted by Crippen LogP contribution is 2.44. The second kappa shape index (κ2) is 6.27. The Morgan fingerprint density at radius 3 is 2.72 bits per heavy atom. The zero-order valence-electron chi connectivity index (χ0n) is 13.4. The number of nitrogens with one attached hydrogen (secondary N) is 1. The van der Waals surface area contributed by atoms with Crippen LogP contribution in [-0.2, 0) is 11.3 Å². The largest absolute Gasteiger partial charge is 0.482 e. The first-order valence-corrected chi connectivity index (χ1v) is 8.40. The third-order valence-electron chi connectivity index (χ3n) is 3.77. The first-order valence-electron chi connectivity index (χ1n) is 7.29. The van der Waals surface area contributed by atoms with Gasteiger partial charge in [-0.3, -0.25) is 14.3 Å². The number of pyridine rings is 1. The molecule has 6 nitrogen and oxygen atoms in total. The normalized spacial score (nSPS) is 16.4. The number of halogens is 1. The van der Waals surface area contributed by atoms with Gasteiger partial charge in [0.2, 0.25) is 0 Å². The van der Waals surface area contributed by atoms with E-state index >= 15 is 0 Å². The second-order valence-corrected chi connectivity index (χ2v) is 6.60. The summed E-state index contributed by atoms with van der Waals surface area (Å²) in [7, 11) is 0.